The normalized spacial score (nSPS) is 12.1. The predicted octanol–water partition coefficient (Wildman–Crippen LogP) is 10.0. The third-order valence-electron chi connectivity index (χ3n) is 7.01. The van der Waals surface area contributed by atoms with Gasteiger partial charge in [-0.15, -0.1) is 0 Å². The van der Waals surface area contributed by atoms with Crippen LogP contribution in [0, 0.1) is 0 Å². The number of ether oxygens (including phenoxy) is 1. The van der Waals surface area contributed by atoms with E-state index in [-0.39, 0.29) is 0 Å². The van der Waals surface area contributed by atoms with Crippen molar-refractivity contribution in [1.29, 1.82) is 0 Å². The van der Waals surface area contributed by atoms with E-state index >= 15 is 0 Å². The number of hydrogen-bond acceptors (Lipinski definition) is 2. The van der Waals surface area contributed by atoms with Crippen molar-refractivity contribution in [3.05, 3.63) is 59.4 Å². The molecule has 0 bridgehead atoms. The molecule has 0 aliphatic rings. The Morgan fingerprint density at radius 3 is 1.76 bits per heavy atom. The number of pyridine rings is 1. The average molecular weight is 466 g/mol. The first kappa shape index (κ1) is 28.4. The number of rotatable bonds is 20. The summed E-state index contributed by atoms with van der Waals surface area (Å²) in [5.41, 5.74) is 3.82. The Hall–Kier alpha value is -1.83. The molecule has 0 spiro atoms. The number of aryl methyl sites for hydroxylation is 1. The molecule has 0 saturated heterocycles. The van der Waals surface area contributed by atoms with E-state index in [4.69, 9.17) is 9.72 Å². The number of hydrogen-bond donors (Lipinski definition) is 0. The Balaban J connectivity index is 1.64. The fourth-order valence-electron chi connectivity index (χ4n) is 4.58. The molecule has 190 valence electrons. The summed E-state index contributed by atoms with van der Waals surface area (Å²) < 4.78 is 5.95. The Morgan fingerprint density at radius 1 is 0.647 bits per heavy atom. The zero-order valence-corrected chi connectivity index (χ0v) is 22.5. The molecule has 1 heterocycles. The van der Waals surface area contributed by atoms with Gasteiger partial charge >= 0.3 is 0 Å². The number of nitrogens with zero attached hydrogens (tertiary/aromatic N) is 1. The van der Waals surface area contributed by atoms with E-state index < -0.39 is 0 Å². The fourth-order valence-corrected chi connectivity index (χ4v) is 4.58. The second-order valence-electron chi connectivity index (χ2n) is 10.1. The summed E-state index contributed by atoms with van der Waals surface area (Å²) in [5, 5.41) is 0. The Labute approximate surface area is 210 Å². The molecule has 2 rings (SSSR count). The molecule has 0 N–H and O–H groups in total. The van der Waals surface area contributed by atoms with Crippen molar-refractivity contribution in [2.45, 2.75) is 129 Å². The second kappa shape index (κ2) is 18.5. The lowest BCUT2D eigenvalue weighted by Crippen LogP contribution is -2.01. The third kappa shape index (κ3) is 12.0. The molecule has 2 heteroatoms. The second-order valence-corrected chi connectivity index (χ2v) is 10.1. The molecule has 0 fully saturated rings. The van der Waals surface area contributed by atoms with Crippen LogP contribution < -0.4 is 4.74 Å². The minimum absolute atomic E-state index is 0.300. The molecule has 2 nitrogen and oxygen atoms in total. The minimum atomic E-state index is 0.300. The molecule has 1 aromatic heterocycles. The standard InChI is InChI=1S/C32H51NO/c1-4-6-8-10-12-13-15-17-19-29-20-25-32(33-27-29)28(3)30-21-23-31(24-22-30)34-26-18-16-14-11-9-7-5-2/h20-25,27-28H,4-19,26H2,1-3H3. The maximum absolute atomic E-state index is 5.95. The van der Waals surface area contributed by atoms with Gasteiger partial charge in [0.2, 0.25) is 0 Å². The van der Waals surface area contributed by atoms with Crippen LogP contribution in [0.15, 0.2) is 42.6 Å². The first-order valence-electron chi connectivity index (χ1n) is 14.4. The van der Waals surface area contributed by atoms with Crippen LogP contribution in [0.2, 0.25) is 0 Å². The van der Waals surface area contributed by atoms with Crippen LogP contribution in [-0.2, 0) is 6.42 Å². The smallest absolute Gasteiger partial charge is 0.119 e. The van der Waals surface area contributed by atoms with Crippen molar-refractivity contribution in [2.75, 3.05) is 6.61 Å². The molecule has 2 aromatic rings. The fraction of sp³-hybridized carbons (Fsp3) is 0.656. The number of unbranched alkanes of at least 4 members (excludes halogenated alkanes) is 13. The lowest BCUT2D eigenvalue weighted by molar-refractivity contribution is 0.304. The highest BCUT2D eigenvalue weighted by atomic mass is 16.5. The van der Waals surface area contributed by atoms with Crippen molar-refractivity contribution < 1.29 is 4.74 Å². The van der Waals surface area contributed by atoms with Gasteiger partial charge in [-0.2, -0.15) is 0 Å². The zero-order valence-electron chi connectivity index (χ0n) is 22.5. The van der Waals surface area contributed by atoms with Crippen molar-refractivity contribution in [3.63, 3.8) is 0 Å². The first-order valence-corrected chi connectivity index (χ1v) is 14.4. The van der Waals surface area contributed by atoms with Gasteiger partial charge in [-0.1, -0.05) is 122 Å². The van der Waals surface area contributed by atoms with Gasteiger partial charge in [0.15, 0.2) is 0 Å². The van der Waals surface area contributed by atoms with Crippen LogP contribution in [0.25, 0.3) is 0 Å². The van der Waals surface area contributed by atoms with Crippen molar-refractivity contribution in [3.8, 4) is 5.75 Å². The van der Waals surface area contributed by atoms with Crippen LogP contribution in [0.4, 0.5) is 0 Å². The highest BCUT2D eigenvalue weighted by Crippen LogP contribution is 2.25. The summed E-state index contributed by atoms with van der Waals surface area (Å²) >= 11 is 0. The maximum Gasteiger partial charge on any atom is 0.119 e. The van der Waals surface area contributed by atoms with Gasteiger partial charge < -0.3 is 4.74 Å². The lowest BCUT2D eigenvalue weighted by atomic mass is 9.96. The molecule has 1 atom stereocenters. The maximum atomic E-state index is 5.95. The third-order valence-corrected chi connectivity index (χ3v) is 7.01. The summed E-state index contributed by atoms with van der Waals surface area (Å²) in [4.78, 5) is 4.79. The first-order chi connectivity index (χ1) is 16.7. The molecule has 1 unspecified atom stereocenters. The van der Waals surface area contributed by atoms with E-state index in [0.717, 1.165) is 30.9 Å². The van der Waals surface area contributed by atoms with Crippen LogP contribution in [0.3, 0.4) is 0 Å². The van der Waals surface area contributed by atoms with Gasteiger partial charge in [-0.25, -0.2) is 0 Å². The molecular formula is C32H51NO. The number of benzene rings is 1. The average Bonchev–Trinajstić information content (AvgIpc) is 2.87. The Kier molecular flexibility index (Phi) is 15.5. The lowest BCUT2D eigenvalue weighted by Gasteiger charge is -2.13. The molecule has 0 aliphatic carbocycles. The van der Waals surface area contributed by atoms with E-state index in [1.54, 1.807) is 0 Å². The predicted molar refractivity (Wildman–Crippen MR) is 148 cm³/mol. The summed E-state index contributed by atoms with van der Waals surface area (Å²) in [7, 11) is 0. The molecular weight excluding hydrogens is 414 g/mol. The topological polar surface area (TPSA) is 22.1 Å². The van der Waals surface area contributed by atoms with Gasteiger partial charge in [0.05, 0.1) is 6.61 Å². The van der Waals surface area contributed by atoms with Gasteiger partial charge in [-0.3, -0.25) is 4.98 Å². The highest BCUT2D eigenvalue weighted by molar-refractivity contribution is 5.33. The molecule has 1 aromatic carbocycles. The monoisotopic (exact) mass is 465 g/mol. The van der Waals surface area contributed by atoms with Crippen LogP contribution in [0.5, 0.6) is 5.75 Å². The van der Waals surface area contributed by atoms with Crippen molar-refractivity contribution in [2.24, 2.45) is 0 Å². The summed E-state index contributed by atoms with van der Waals surface area (Å²) in [6.07, 6.45) is 23.4. The van der Waals surface area contributed by atoms with Gasteiger partial charge in [0.25, 0.3) is 0 Å². The van der Waals surface area contributed by atoms with Gasteiger partial charge in [0.1, 0.15) is 5.75 Å². The van der Waals surface area contributed by atoms with Crippen LogP contribution in [0.1, 0.15) is 140 Å². The molecule has 34 heavy (non-hydrogen) atoms. The summed E-state index contributed by atoms with van der Waals surface area (Å²) in [6.45, 7) is 7.62. The Bertz CT molecular complexity index is 658. The molecule has 0 radical (unpaired) electrons. The quantitative estimate of drug-likeness (QED) is 0.181. The highest BCUT2D eigenvalue weighted by Gasteiger charge is 2.10. The Morgan fingerprint density at radius 2 is 1.21 bits per heavy atom. The molecule has 0 saturated carbocycles. The van der Waals surface area contributed by atoms with E-state index in [1.165, 1.54) is 101 Å². The number of aromatic nitrogens is 1. The SMILES string of the molecule is CCCCCCCCCCc1ccc(C(C)c2ccc(OCCCCCCCCC)cc2)nc1. The van der Waals surface area contributed by atoms with Crippen molar-refractivity contribution in [1.82, 2.24) is 4.98 Å². The summed E-state index contributed by atoms with van der Waals surface area (Å²) in [5.74, 6) is 1.28. The molecule has 0 amide bonds. The van der Waals surface area contributed by atoms with Crippen LogP contribution >= 0.6 is 0 Å². The van der Waals surface area contributed by atoms with E-state index in [9.17, 15) is 0 Å². The largest absolute Gasteiger partial charge is 0.494 e. The summed E-state index contributed by atoms with van der Waals surface area (Å²) in [6, 6.07) is 13.1. The van der Waals surface area contributed by atoms with Crippen molar-refractivity contribution >= 4 is 0 Å². The van der Waals surface area contributed by atoms with Gasteiger partial charge in [0, 0.05) is 17.8 Å². The molecule has 0 aliphatic heterocycles. The van der Waals surface area contributed by atoms with Crippen LogP contribution in [-0.4, -0.2) is 11.6 Å². The van der Waals surface area contributed by atoms with Gasteiger partial charge in [-0.05, 0) is 48.6 Å². The van der Waals surface area contributed by atoms with E-state index in [2.05, 4.69) is 63.4 Å². The van der Waals surface area contributed by atoms with E-state index in [0.29, 0.717) is 5.92 Å². The zero-order chi connectivity index (χ0) is 24.3. The van der Waals surface area contributed by atoms with E-state index in [1.807, 2.05) is 0 Å². The minimum Gasteiger partial charge on any atom is -0.494 e.